The summed E-state index contributed by atoms with van der Waals surface area (Å²) in [6.45, 7) is 4.60. The molecule has 262 valence electrons. The highest BCUT2D eigenvalue weighted by atomic mass is 31.2. The zero-order chi connectivity index (χ0) is 32.9. The van der Waals surface area contributed by atoms with Crippen molar-refractivity contribution < 1.29 is 32.9 Å². The third-order valence-electron chi connectivity index (χ3n) is 8.00. The summed E-state index contributed by atoms with van der Waals surface area (Å²) >= 11 is 0. The van der Waals surface area contributed by atoms with Crippen molar-refractivity contribution in [3.8, 4) is 0 Å². The van der Waals surface area contributed by atoms with Crippen LogP contribution < -0.4 is 10.2 Å². The van der Waals surface area contributed by atoms with Crippen LogP contribution in [0.3, 0.4) is 0 Å². The minimum absolute atomic E-state index is 0.00131. The molecular weight excluding hydrogens is 575 g/mol. The lowest BCUT2D eigenvalue weighted by atomic mass is 10.0. The second-order valence-electron chi connectivity index (χ2n) is 13.6. The Labute approximate surface area is 272 Å². The number of nitrogens with one attached hydrogen (secondary N) is 1. The molecule has 0 spiro atoms. The quantitative estimate of drug-likeness (QED) is 0.0330. The predicted molar refractivity (Wildman–Crippen MR) is 182 cm³/mol. The summed E-state index contributed by atoms with van der Waals surface area (Å²) in [6.07, 6.45) is 28.2. The van der Waals surface area contributed by atoms with Crippen LogP contribution in [-0.2, 0) is 18.4 Å². The number of quaternary nitrogens is 1. The molecule has 1 unspecified atom stereocenters. The van der Waals surface area contributed by atoms with E-state index in [0.717, 1.165) is 38.5 Å². The van der Waals surface area contributed by atoms with Gasteiger partial charge in [-0.05, 0) is 19.3 Å². The van der Waals surface area contributed by atoms with Crippen LogP contribution in [0.2, 0.25) is 0 Å². The van der Waals surface area contributed by atoms with Crippen LogP contribution in [0.4, 0.5) is 0 Å². The number of phosphoric acid groups is 1. The summed E-state index contributed by atoms with van der Waals surface area (Å²) in [7, 11) is 1.26. The van der Waals surface area contributed by atoms with Gasteiger partial charge in [-0.3, -0.25) is 9.36 Å². The maximum Gasteiger partial charge on any atom is 0.268 e. The highest BCUT2D eigenvalue weighted by Crippen LogP contribution is 2.38. The van der Waals surface area contributed by atoms with E-state index >= 15 is 0 Å². The fourth-order valence-electron chi connectivity index (χ4n) is 5.03. The van der Waals surface area contributed by atoms with Crippen LogP contribution in [0.5, 0.6) is 0 Å². The number of carbonyl (C=O) groups excluding carboxylic acids is 1. The molecule has 0 fully saturated rings. The van der Waals surface area contributed by atoms with E-state index in [1.807, 2.05) is 27.2 Å². The Morgan fingerprint density at radius 2 is 1.23 bits per heavy atom. The van der Waals surface area contributed by atoms with Crippen molar-refractivity contribution in [1.82, 2.24) is 5.32 Å². The lowest BCUT2D eigenvalue weighted by molar-refractivity contribution is -0.870. The first-order valence-electron chi connectivity index (χ1n) is 18.1. The van der Waals surface area contributed by atoms with Gasteiger partial charge < -0.3 is 28.8 Å². The van der Waals surface area contributed by atoms with Crippen LogP contribution in [0.15, 0.2) is 12.2 Å². The fourth-order valence-corrected chi connectivity index (χ4v) is 5.76. The van der Waals surface area contributed by atoms with Gasteiger partial charge in [-0.1, -0.05) is 142 Å². The monoisotopic (exact) mass is 647 g/mol. The Morgan fingerprint density at radius 1 is 0.773 bits per heavy atom. The molecule has 8 nitrogen and oxygen atoms in total. The molecule has 9 heteroatoms. The molecule has 3 atom stereocenters. The largest absolute Gasteiger partial charge is 0.756 e. The van der Waals surface area contributed by atoms with Gasteiger partial charge in [0.1, 0.15) is 13.2 Å². The van der Waals surface area contributed by atoms with Crippen molar-refractivity contribution in [1.29, 1.82) is 0 Å². The molecule has 2 N–H and O–H groups in total. The highest BCUT2D eigenvalue weighted by Gasteiger charge is 2.23. The van der Waals surface area contributed by atoms with Crippen molar-refractivity contribution in [3.05, 3.63) is 12.2 Å². The summed E-state index contributed by atoms with van der Waals surface area (Å²) in [6, 6.07) is -0.876. The third kappa shape index (κ3) is 29.9. The average molecular weight is 647 g/mol. The third-order valence-corrected chi connectivity index (χ3v) is 8.96. The van der Waals surface area contributed by atoms with Gasteiger partial charge in [0.2, 0.25) is 5.91 Å². The second kappa shape index (κ2) is 28.5. The van der Waals surface area contributed by atoms with E-state index in [0.29, 0.717) is 17.4 Å². The molecule has 0 aromatic rings. The number of allylic oxidation sites excluding steroid dienone is 1. The number of unbranched alkanes of at least 4 members (excludes halogenated alkanes) is 19. The second-order valence-corrected chi connectivity index (χ2v) is 15.0. The van der Waals surface area contributed by atoms with Crippen LogP contribution in [0.25, 0.3) is 0 Å². The Morgan fingerprint density at radius 3 is 1.70 bits per heavy atom. The minimum atomic E-state index is -4.57. The number of phosphoric ester groups is 1. The topological polar surface area (TPSA) is 108 Å². The number of aliphatic hydroxyl groups excluding tert-OH is 1. The number of hydrogen-bond acceptors (Lipinski definition) is 6. The molecular formula is C35H71N2O6P. The molecule has 0 saturated carbocycles. The lowest BCUT2D eigenvalue weighted by Crippen LogP contribution is -2.45. The van der Waals surface area contributed by atoms with Crippen LogP contribution in [0, 0.1) is 0 Å². The number of nitrogens with zero attached hydrogens (tertiary/aromatic N) is 1. The highest BCUT2D eigenvalue weighted by molar-refractivity contribution is 7.45. The maximum atomic E-state index is 12.7. The van der Waals surface area contributed by atoms with Gasteiger partial charge in [0.25, 0.3) is 7.82 Å². The van der Waals surface area contributed by atoms with Crippen molar-refractivity contribution in [2.75, 3.05) is 40.9 Å². The number of carbonyl (C=O) groups is 1. The summed E-state index contributed by atoms with van der Waals surface area (Å²) in [5, 5.41) is 13.6. The summed E-state index contributed by atoms with van der Waals surface area (Å²) in [4.78, 5) is 25.0. The molecule has 0 aliphatic heterocycles. The first-order valence-corrected chi connectivity index (χ1v) is 19.5. The van der Waals surface area contributed by atoms with Crippen molar-refractivity contribution >= 4 is 13.7 Å². The standard InChI is InChI=1S/C35H71N2O6P/c1-6-8-10-12-14-16-18-19-21-23-25-27-29-35(39)36-33(32-43-44(40,41)42-31-30-37(3,4)5)34(38)28-26-24-22-20-17-15-13-11-9-7-2/h26,28,33-34,38H,6-25,27,29-32H2,1-5H3,(H-,36,39,40,41)/b28-26+/t33-,34+/m0/s1. The summed E-state index contributed by atoms with van der Waals surface area (Å²) in [5.74, 6) is -0.201. The van der Waals surface area contributed by atoms with Crippen molar-refractivity contribution in [3.63, 3.8) is 0 Å². The van der Waals surface area contributed by atoms with E-state index in [2.05, 4.69) is 19.2 Å². The molecule has 0 rings (SSSR count). The number of rotatable bonds is 32. The molecule has 0 radical (unpaired) electrons. The molecule has 0 aliphatic rings. The number of amides is 1. The Kier molecular flexibility index (Phi) is 28.0. The SMILES string of the molecule is CCCCCCCCCC/C=C/[C@@H](O)[C@H](COP(=O)([O-])OCC[N+](C)(C)C)NC(=O)CCCCCCCCCCCCCC. The summed E-state index contributed by atoms with van der Waals surface area (Å²) in [5.41, 5.74) is 0. The molecule has 0 aromatic carbocycles. The normalized spacial score (nSPS) is 15.0. The Hall–Kier alpha value is -0.760. The molecule has 0 saturated heterocycles. The molecule has 0 heterocycles. The van der Waals surface area contributed by atoms with Gasteiger partial charge in [0, 0.05) is 6.42 Å². The molecule has 1 amide bonds. The van der Waals surface area contributed by atoms with Gasteiger partial charge in [-0.25, -0.2) is 0 Å². The van der Waals surface area contributed by atoms with Gasteiger partial charge in [-0.15, -0.1) is 0 Å². The molecule has 44 heavy (non-hydrogen) atoms. The fraction of sp³-hybridized carbons (Fsp3) is 0.914. The summed E-state index contributed by atoms with van der Waals surface area (Å²) < 4.78 is 23.0. The maximum absolute atomic E-state index is 12.7. The van der Waals surface area contributed by atoms with E-state index < -0.39 is 20.0 Å². The smallest absolute Gasteiger partial charge is 0.268 e. The zero-order valence-corrected chi connectivity index (χ0v) is 30.3. The average Bonchev–Trinajstić information content (AvgIpc) is 2.95. The van der Waals surface area contributed by atoms with E-state index in [4.69, 9.17) is 9.05 Å². The Bertz CT molecular complexity index is 743. The first kappa shape index (κ1) is 43.2. The molecule has 0 bridgehead atoms. The zero-order valence-electron chi connectivity index (χ0n) is 29.4. The number of likely N-dealkylation sites (N-methyl/N-ethyl adjacent to an activating group) is 1. The molecule has 0 aliphatic carbocycles. The van der Waals surface area contributed by atoms with Crippen LogP contribution >= 0.6 is 7.82 Å². The number of aliphatic hydroxyl groups is 1. The van der Waals surface area contributed by atoms with Crippen LogP contribution in [0.1, 0.15) is 155 Å². The van der Waals surface area contributed by atoms with E-state index in [9.17, 15) is 19.4 Å². The molecule has 0 aromatic heterocycles. The van der Waals surface area contributed by atoms with E-state index in [-0.39, 0.29) is 19.1 Å². The first-order chi connectivity index (χ1) is 21.0. The van der Waals surface area contributed by atoms with Gasteiger partial charge in [0.05, 0.1) is 39.9 Å². The van der Waals surface area contributed by atoms with Gasteiger partial charge in [0.15, 0.2) is 0 Å². The Balaban J connectivity index is 4.56. The van der Waals surface area contributed by atoms with E-state index in [1.165, 1.54) is 96.3 Å². The lowest BCUT2D eigenvalue weighted by Gasteiger charge is -2.29. The van der Waals surface area contributed by atoms with Crippen molar-refractivity contribution in [2.45, 2.75) is 167 Å². The van der Waals surface area contributed by atoms with Crippen molar-refractivity contribution in [2.24, 2.45) is 0 Å². The predicted octanol–water partition coefficient (Wildman–Crippen LogP) is 8.22. The van der Waals surface area contributed by atoms with Crippen LogP contribution in [-0.4, -0.2) is 68.5 Å². The van der Waals surface area contributed by atoms with Gasteiger partial charge >= 0.3 is 0 Å². The van der Waals surface area contributed by atoms with Gasteiger partial charge in [-0.2, -0.15) is 0 Å². The minimum Gasteiger partial charge on any atom is -0.756 e. The van der Waals surface area contributed by atoms with E-state index in [1.54, 1.807) is 6.08 Å². The number of hydrogen-bond donors (Lipinski definition) is 2.